The van der Waals surface area contributed by atoms with E-state index in [2.05, 4.69) is 5.32 Å². The van der Waals surface area contributed by atoms with E-state index in [1.165, 1.54) is 6.07 Å². The average Bonchev–Trinajstić information content (AvgIpc) is 2.39. The lowest BCUT2D eigenvalue weighted by Crippen LogP contribution is -2.18. The molecule has 1 amide bonds. The largest absolute Gasteiger partial charge is 0.369 e. The molecule has 2 rings (SSSR count). The maximum Gasteiger partial charge on any atom is 0.254 e. The Balaban J connectivity index is 2.72. The van der Waals surface area contributed by atoms with Crippen LogP contribution in [0.2, 0.25) is 5.02 Å². The number of benzene rings is 1. The second-order valence-corrected chi connectivity index (χ2v) is 5.23. The molecule has 8 heteroatoms. The number of nitrogens with two attached hydrogens (primary N) is 1. The number of halogens is 1. The average molecular weight is 263 g/mol. The van der Waals surface area contributed by atoms with E-state index in [-0.39, 0.29) is 21.0 Å². The fraction of sp³-hybridized carbons (Fsp3) is 0.125. The minimum Gasteiger partial charge on any atom is -0.369 e. The van der Waals surface area contributed by atoms with E-state index in [1.54, 1.807) is 0 Å². The number of amides is 1. The van der Waals surface area contributed by atoms with E-state index in [9.17, 15) is 18.3 Å². The van der Waals surface area contributed by atoms with Crippen LogP contribution in [0.25, 0.3) is 0 Å². The van der Waals surface area contributed by atoms with Gasteiger partial charge < -0.3 is 10.4 Å². The van der Waals surface area contributed by atoms with Crippen molar-refractivity contribution in [1.29, 1.82) is 0 Å². The van der Waals surface area contributed by atoms with E-state index in [0.717, 1.165) is 6.07 Å². The number of sulfonamides is 1. The van der Waals surface area contributed by atoms with Crippen molar-refractivity contribution in [2.45, 2.75) is 11.1 Å². The summed E-state index contributed by atoms with van der Waals surface area (Å²) in [5.41, 5.74) is 0.295. The van der Waals surface area contributed by atoms with Gasteiger partial charge in [0.1, 0.15) is 4.90 Å². The standard InChI is InChI=1S/C8H7ClN2O4S/c9-5-1-3-4(8(13)11-7(3)12)2-6(5)16(10,14)15/h1-2,7,12H,(H,11,13)(H2,10,14,15). The van der Waals surface area contributed by atoms with Crippen LogP contribution in [0.1, 0.15) is 22.1 Å². The van der Waals surface area contributed by atoms with Crippen molar-refractivity contribution in [2.24, 2.45) is 5.14 Å². The quantitative estimate of drug-likeness (QED) is 0.647. The van der Waals surface area contributed by atoms with Crippen molar-refractivity contribution in [3.8, 4) is 0 Å². The van der Waals surface area contributed by atoms with E-state index in [0.29, 0.717) is 0 Å². The highest BCUT2D eigenvalue weighted by Gasteiger charge is 2.29. The predicted octanol–water partition coefficient (Wildman–Crippen LogP) is -0.278. The molecule has 86 valence electrons. The van der Waals surface area contributed by atoms with Crippen molar-refractivity contribution in [3.05, 3.63) is 28.3 Å². The summed E-state index contributed by atoms with van der Waals surface area (Å²) in [6.45, 7) is 0. The lowest BCUT2D eigenvalue weighted by atomic mass is 10.1. The summed E-state index contributed by atoms with van der Waals surface area (Å²) in [4.78, 5) is 11.0. The Morgan fingerprint density at radius 1 is 1.44 bits per heavy atom. The van der Waals surface area contributed by atoms with Gasteiger partial charge in [-0.1, -0.05) is 11.6 Å². The van der Waals surface area contributed by atoms with Crippen LogP contribution in [0.5, 0.6) is 0 Å². The highest BCUT2D eigenvalue weighted by molar-refractivity contribution is 7.89. The third kappa shape index (κ3) is 1.67. The molecule has 1 aliphatic heterocycles. The predicted molar refractivity (Wildman–Crippen MR) is 55.3 cm³/mol. The normalized spacial score (nSPS) is 19.4. The van der Waals surface area contributed by atoms with Crippen LogP contribution < -0.4 is 10.5 Å². The van der Waals surface area contributed by atoms with Gasteiger partial charge in [-0.15, -0.1) is 0 Å². The molecule has 1 aromatic carbocycles. The zero-order valence-corrected chi connectivity index (χ0v) is 9.34. The first-order valence-corrected chi connectivity index (χ1v) is 6.08. The van der Waals surface area contributed by atoms with Crippen molar-refractivity contribution < 1.29 is 18.3 Å². The Morgan fingerprint density at radius 2 is 2.06 bits per heavy atom. The number of fused-ring (bicyclic) bond motifs is 1. The second kappa shape index (κ2) is 3.42. The van der Waals surface area contributed by atoms with E-state index in [4.69, 9.17) is 16.7 Å². The smallest absolute Gasteiger partial charge is 0.254 e. The van der Waals surface area contributed by atoms with Crippen LogP contribution in [-0.4, -0.2) is 19.4 Å². The first-order chi connectivity index (χ1) is 7.30. The number of hydrogen-bond donors (Lipinski definition) is 3. The van der Waals surface area contributed by atoms with Gasteiger partial charge >= 0.3 is 0 Å². The first kappa shape index (κ1) is 11.3. The van der Waals surface area contributed by atoms with Gasteiger partial charge in [-0.3, -0.25) is 4.79 Å². The molecule has 1 heterocycles. The third-order valence-corrected chi connectivity index (χ3v) is 3.59. The Morgan fingerprint density at radius 3 is 2.62 bits per heavy atom. The van der Waals surface area contributed by atoms with Gasteiger partial charge in [-0.05, 0) is 12.1 Å². The maximum absolute atomic E-state index is 11.3. The van der Waals surface area contributed by atoms with Gasteiger partial charge in [-0.2, -0.15) is 0 Å². The lowest BCUT2D eigenvalue weighted by molar-refractivity contribution is 0.0850. The summed E-state index contributed by atoms with van der Waals surface area (Å²) in [6.07, 6.45) is -1.17. The zero-order chi connectivity index (χ0) is 12.1. The molecular weight excluding hydrogens is 256 g/mol. The van der Waals surface area contributed by atoms with Gasteiger partial charge in [-0.25, -0.2) is 13.6 Å². The summed E-state index contributed by atoms with van der Waals surface area (Å²) in [5.74, 6) is -0.566. The fourth-order valence-corrected chi connectivity index (χ4v) is 2.60. The van der Waals surface area contributed by atoms with E-state index in [1.807, 2.05) is 0 Å². The topological polar surface area (TPSA) is 109 Å². The number of carbonyl (C=O) groups excluding carboxylic acids is 1. The highest BCUT2D eigenvalue weighted by Crippen LogP contribution is 2.31. The van der Waals surface area contributed by atoms with Crippen LogP contribution in [0.15, 0.2) is 17.0 Å². The molecule has 0 saturated carbocycles. The van der Waals surface area contributed by atoms with Crippen molar-refractivity contribution in [1.82, 2.24) is 5.32 Å². The zero-order valence-electron chi connectivity index (χ0n) is 7.77. The molecule has 1 atom stereocenters. The van der Waals surface area contributed by atoms with Crippen LogP contribution in [0.3, 0.4) is 0 Å². The van der Waals surface area contributed by atoms with E-state index < -0.39 is 22.2 Å². The SMILES string of the molecule is NS(=O)(=O)c1cc2c(cc1Cl)C(O)NC2=O. The van der Waals surface area contributed by atoms with Gasteiger partial charge in [0, 0.05) is 11.1 Å². The molecule has 1 unspecified atom stereocenters. The van der Waals surface area contributed by atoms with Crippen LogP contribution >= 0.6 is 11.6 Å². The van der Waals surface area contributed by atoms with Crippen molar-refractivity contribution in [3.63, 3.8) is 0 Å². The highest BCUT2D eigenvalue weighted by atomic mass is 35.5. The van der Waals surface area contributed by atoms with Crippen molar-refractivity contribution >= 4 is 27.5 Å². The molecule has 0 fully saturated rings. The molecule has 16 heavy (non-hydrogen) atoms. The van der Waals surface area contributed by atoms with Gasteiger partial charge in [0.05, 0.1) is 5.02 Å². The maximum atomic E-state index is 11.3. The summed E-state index contributed by atoms with van der Waals surface area (Å²) in [7, 11) is -3.99. The Hall–Kier alpha value is -1.15. The number of nitrogens with one attached hydrogen (secondary N) is 1. The molecular formula is C8H7ClN2O4S. The second-order valence-electron chi connectivity index (χ2n) is 3.29. The van der Waals surface area contributed by atoms with Crippen LogP contribution in [-0.2, 0) is 10.0 Å². The van der Waals surface area contributed by atoms with E-state index >= 15 is 0 Å². The summed E-state index contributed by atoms with van der Waals surface area (Å²) in [5, 5.41) is 16.4. The Kier molecular flexibility index (Phi) is 2.43. The number of aliphatic hydroxyl groups is 1. The van der Waals surface area contributed by atoms with Crippen LogP contribution in [0, 0.1) is 0 Å². The first-order valence-electron chi connectivity index (χ1n) is 4.16. The number of primary sulfonamides is 1. The molecule has 1 aliphatic rings. The minimum atomic E-state index is -3.99. The molecule has 0 radical (unpaired) electrons. The number of carbonyl (C=O) groups is 1. The number of rotatable bonds is 1. The molecule has 0 saturated heterocycles. The Bertz CT molecular complexity index is 584. The van der Waals surface area contributed by atoms with Gasteiger partial charge in [0.2, 0.25) is 10.0 Å². The fourth-order valence-electron chi connectivity index (χ4n) is 1.49. The lowest BCUT2D eigenvalue weighted by Gasteiger charge is -2.05. The molecule has 1 aromatic rings. The summed E-state index contributed by atoms with van der Waals surface area (Å²) >= 11 is 5.70. The number of hydrogen-bond acceptors (Lipinski definition) is 4. The molecule has 6 nitrogen and oxygen atoms in total. The third-order valence-electron chi connectivity index (χ3n) is 2.22. The Labute approximate surface area is 96.1 Å². The minimum absolute atomic E-state index is 0.0564. The monoisotopic (exact) mass is 262 g/mol. The van der Waals surface area contributed by atoms with Crippen LogP contribution in [0.4, 0.5) is 0 Å². The summed E-state index contributed by atoms with van der Waals surface area (Å²) < 4.78 is 22.3. The van der Waals surface area contributed by atoms with Crippen molar-refractivity contribution in [2.75, 3.05) is 0 Å². The molecule has 0 spiro atoms. The van der Waals surface area contributed by atoms with Gasteiger partial charge in [0.15, 0.2) is 6.23 Å². The number of aliphatic hydroxyl groups excluding tert-OH is 1. The molecule has 4 N–H and O–H groups in total. The summed E-state index contributed by atoms with van der Waals surface area (Å²) in [6, 6.07) is 2.26. The van der Waals surface area contributed by atoms with Gasteiger partial charge in [0.25, 0.3) is 5.91 Å². The molecule has 0 aromatic heterocycles. The molecule has 0 bridgehead atoms. The molecule has 0 aliphatic carbocycles.